The second-order valence-corrected chi connectivity index (χ2v) is 9.74. The molecule has 38 heavy (non-hydrogen) atoms. The maximum absolute atomic E-state index is 4.89. The first-order valence-corrected chi connectivity index (χ1v) is 13.0. The van der Waals surface area contributed by atoms with Crippen LogP contribution in [0.2, 0.25) is 0 Å². The van der Waals surface area contributed by atoms with E-state index in [-0.39, 0.29) is 0 Å². The summed E-state index contributed by atoms with van der Waals surface area (Å²) >= 11 is 0. The molecule has 0 unspecified atom stereocenters. The first kappa shape index (κ1) is 22.3. The number of benzene rings is 6. The molecule has 0 radical (unpaired) electrons. The molecule has 6 aromatic carbocycles. The molecule has 0 fully saturated rings. The Morgan fingerprint density at radius 3 is 1.79 bits per heavy atom. The molecule has 0 aliphatic rings. The second kappa shape index (κ2) is 9.17. The van der Waals surface area contributed by atoms with Crippen molar-refractivity contribution < 1.29 is 0 Å². The molecule has 180 valence electrons. The Labute approximate surface area is 222 Å². The van der Waals surface area contributed by atoms with Crippen molar-refractivity contribution in [3.05, 3.63) is 145 Å². The molecule has 0 atom stereocenters. The molecule has 0 saturated carbocycles. The number of fused-ring (bicyclic) bond motifs is 3. The summed E-state index contributed by atoms with van der Waals surface area (Å²) in [5.41, 5.74) is 5.85. The van der Waals surface area contributed by atoms with Crippen molar-refractivity contribution in [1.29, 1.82) is 0 Å². The number of hydrogen-bond acceptors (Lipinski definition) is 2. The maximum Gasteiger partial charge on any atom is 0.137 e. The zero-order chi connectivity index (χ0) is 25.5. The zero-order valence-corrected chi connectivity index (χ0v) is 21.2. The highest BCUT2D eigenvalue weighted by Gasteiger charge is 2.22. The van der Waals surface area contributed by atoms with Gasteiger partial charge in [-0.3, -0.25) is 4.90 Å². The summed E-state index contributed by atoms with van der Waals surface area (Å²) in [5.74, 6) is 0.899. The van der Waals surface area contributed by atoms with Crippen molar-refractivity contribution in [2.45, 2.75) is 6.92 Å². The quantitative estimate of drug-likeness (QED) is 0.230. The van der Waals surface area contributed by atoms with E-state index < -0.39 is 0 Å². The smallest absolute Gasteiger partial charge is 0.137 e. The minimum Gasteiger partial charge on any atom is -0.294 e. The molecule has 0 aliphatic heterocycles. The van der Waals surface area contributed by atoms with Gasteiger partial charge in [-0.15, -0.1) is 0 Å². The lowest BCUT2D eigenvalue weighted by molar-refractivity contribution is 1.17. The van der Waals surface area contributed by atoms with Crippen molar-refractivity contribution in [3.8, 4) is 11.1 Å². The summed E-state index contributed by atoms with van der Waals surface area (Å²) in [6, 6.07) is 47.7. The summed E-state index contributed by atoms with van der Waals surface area (Å²) in [4.78, 5) is 7.19. The van der Waals surface area contributed by atoms with E-state index in [0.717, 1.165) is 22.8 Å². The van der Waals surface area contributed by atoms with E-state index in [4.69, 9.17) is 4.98 Å². The van der Waals surface area contributed by atoms with Gasteiger partial charge in [-0.2, -0.15) is 0 Å². The lowest BCUT2D eigenvalue weighted by atomic mass is 9.89. The van der Waals surface area contributed by atoms with E-state index in [2.05, 4.69) is 145 Å². The van der Waals surface area contributed by atoms with Gasteiger partial charge in [0.2, 0.25) is 0 Å². The molecular formula is C36H26N2. The second-order valence-electron chi connectivity index (χ2n) is 9.74. The van der Waals surface area contributed by atoms with E-state index in [1.165, 1.54) is 43.4 Å². The Kier molecular flexibility index (Phi) is 5.37. The largest absolute Gasteiger partial charge is 0.294 e. The van der Waals surface area contributed by atoms with Gasteiger partial charge in [-0.25, -0.2) is 4.98 Å². The average molecular weight is 487 g/mol. The summed E-state index contributed by atoms with van der Waals surface area (Å²) in [6.07, 6.45) is 1.94. The van der Waals surface area contributed by atoms with Crippen LogP contribution in [0.1, 0.15) is 5.56 Å². The highest BCUT2D eigenvalue weighted by Crippen LogP contribution is 2.47. The summed E-state index contributed by atoms with van der Waals surface area (Å²) < 4.78 is 0. The topological polar surface area (TPSA) is 16.1 Å². The van der Waals surface area contributed by atoms with E-state index in [1.54, 1.807) is 0 Å². The third-order valence-corrected chi connectivity index (χ3v) is 7.30. The highest BCUT2D eigenvalue weighted by atomic mass is 15.2. The lowest BCUT2D eigenvalue weighted by Crippen LogP contribution is -2.13. The van der Waals surface area contributed by atoms with Gasteiger partial charge >= 0.3 is 0 Å². The van der Waals surface area contributed by atoms with Crippen LogP contribution in [0.15, 0.2) is 140 Å². The molecule has 7 aromatic rings. The summed E-state index contributed by atoms with van der Waals surface area (Å²) in [5, 5.41) is 7.34. The molecule has 0 spiro atoms. The molecule has 0 N–H and O–H groups in total. The standard InChI is InChI=1S/C36H26N2/c1-25-19-22-34(37-24-25)38(29-13-3-2-4-14-29)36-32-17-9-7-15-30(32)35(31-16-8-10-18-33(31)36)28-21-20-26-11-5-6-12-27(26)23-28/h2-24H,1H3. The third kappa shape index (κ3) is 3.70. The van der Waals surface area contributed by atoms with Crippen LogP contribution < -0.4 is 4.90 Å². The van der Waals surface area contributed by atoms with Crippen LogP contribution in [-0.2, 0) is 0 Å². The van der Waals surface area contributed by atoms with Gasteiger partial charge in [-0.1, -0.05) is 109 Å². The van der Waals surface area contributed by atoms with Crippen LogP contribution >= 0.6 is 0 Å². The van der Waals surface area contributed by atoms with Crippen molar-refractivity contribution in [2.24, 2.45) is 0 Å². The Bertz CT molecular complexity index is 1870. The van der Waals surface area contributed by atoms with Gasteiger partial charge in [0.15, 0.2) is 0 Å². The van der Waals surface area contributed by atoms with Crippen LogP contribution in [0.3, 0.4) is 0 Å². The van der Waals surface area contributed by atoms with E-state index in [0.29, 0.717) is 0 Å². The van der Waals surface area contributed by atoms with Gasteiger partial charge in [0.25, 0.3) is 0 Å². The molecule has 0 amide bonds. The SMILES string of the molecule is Cc1ccc(N(c2ccccc2)c2c3ccccc3c(-c3ccc4ccccc4c3)c3ccccc23)nc1. The minimum atomic E-state index is 0.899. The Morgan fingerprint density at radius 2 is 1.13 bits per heavy atom. The van der Waals surface area contributed by atoms with Crippen LogP contribution in [0, 0.1) is 6.92 Å². The molecule has 0 aliphatic carbocycles. The number of anilines is 3. The number of aromatic nitrogens is 1. The molecule has 1 heterocycles. The van der Waals surface area contributed by atoms with Gasteiger partial charge < -0.3 is 0 Å². The lowest BCUT2D eigenvalue weighted by Gasteiger charge is -2.28. The number of rotatable bonds is 4. The number of hydrogen-bond donors (Lipinski definition) is 0. The normalized spacial score (nSPS) is 11.3. The van der Waals surface area contributed by atoms with Gasteiger partial charge in [0.1, 0.15) is 5.82 Å². The fourth-order valence-electron chi connectivity index (χ4n) is 5.55. The van der Waals surface area contributed by atoms with Crippen LogP contribution in [-0.4, -0.2) is 4.98 Å². The molecule has 0 saturated heterocycles. The average Bonchev–Trinajstić information content (AvgIpc) is 2.98. The minimum absolute atomic E-state index is 0.899. The summed E-state index contributed by atoms with van der Waals surface area (Å²) in [6.45, 7) is 2.08. The van der Waals surface area contributed by atoms with Crippen LogP contribution in [0.4, 0.5) is 17.2 Å². The van der Waals surface area contributed by atoms with Gasteiger partial charge in [0, 0.05) is 22.7 Å². The van der Waals surface area contributed by atoms with Gasteiger partial charge in [0.05, 0.1) is 5.69 Å². The fraction of sp³-hybridized carbons (Fsp3) is 0.0278. The van der Waals surface area contributed by atoms with E-state index in [1.807, 2.05) is 6.20 Å². The molecular weight excluding hydrogens is 460 g/mol. The zero-order valence-electron chi connectivity index (χ0n) is 21.2. The van der Waals surface area contributed by atoms with Crippen LogP contribution in [0.25, 0.3) is 43.4 Å². The fourth-order valence-corrected chi connectivity index (χ4v) is 5.55. The van der Waals surface area contributed by atoms with Gasteiger partial charge in [-0.05, 0) is 69.4 Å². The number of nitrogens with zero attached hydrogens (tertiary/aromatic N) is 2. The maximum atomic E-state index is 4.89. The predicted molar refractivity (Wildman–Crippen MR) is 162 cm³/mol. The molecule has 0 bridgehead atoms. The molecule has 7 rings (SSSR count). The number of aryl methyl sites for hydroxylation is 1. The highest BCUT2D eigenvalue weighted by molar-refractivity contribution is 6.22. The van der Waals surface area contributed by atoms with Crippen molar-refractivity contribution >= 4 is 49.5 Å². The summed E-state index contributed by atoms with van der Waals surface area (Å²) in [7, 11) is 0. The monoisotopic (exact) mass is 486 g/mol. The van der Waals surface area contributed by atoms with E-state index >= 15 is 0 Å². The Morgan fingerprint density at radius 1 is 0.526 bits per heavy atom. The van der Waals surface area contributed by atoms with Crippen LogP contribution in [0.5, 0.6) is 0 Å². The van der Waals surface area contributed by atoms with Crippen molar-refractivity contribution in [3.63, 3.8) is 0 Å². The predicted octanol–water partition coefficient (Wildman–Crippen LogP) is 9.99. The molecule has 2 heteroatoms. The Balaban J connectivity index is 1.60. The molecule has 1 aromatic heterocycles. The first-order valence-electron chi connectivity index (χ1n) is 13.0. The number of para-hydroxylation sites is 1. The van der Waals surface area contributed by atoms with E-state index in [9.17, 15) is 0 Å². The number of pyridine rings is 1. The Hall–Kier alpha value is -4.95. The third-order valence-electron chi connectivity index (χ3n) is 7.30. The first-order chi connectivity index (χ1) is 18.8. The van der Waals surface area contributed by atoms with Crippen molar-refractivity contribution in [1.82, 2.24) is 4.98 Å². The molecule has 2 nitrogen and oxygen atoms in total. The van der Waals surface area contributed by atoms with Crippen molar-refractivity contribution in [2.75, 3.05) is 4.90 Å².